The minimum absolute atomic E-state index is 0.0499. The average Bonchev–Trinajstić information content (AvgIpc) is 3.52. The molecular weight excluding hydrogens is 703 g/mol. The van der Waals surface area contributed by atoms with Gasteiger partial charge in [-0.05, 0) is 83.8 Å². The molecule has 0 saturated carbocycles. The van der Waals surface area contributed by atoms with Crippen molar-refractivity contribution in [2.24, 2.45) is 0 Å². The molecule has 1 aromatic carbocycles. The van der Waals surface area contributed by atoms with Crippen molar-refractivity contribution in [3.8, 4) is 0 Å². The van der Waals surface area contributed by atoms with Gasteiger partial charge in [0.05, 0.1) is 23.5 Å². The van der Waals surface area contributed by atoms with E-state index >= 15 is 0 Å². The zero-order chi connectivity index (χ0) is 33.3. The van der Waals surface area contributed by atoms with E-state index in [0.717, 1.165) is 42.6 Å². The molecular formula is C31H39BrF3N7O4S. The molecule has 16 heteroatoms. The number of nitrogens with one attached hydrogen (secondary N) is 2. The minimum Gasteiger partial charge on any atom is -0.436 e. The molecule has 0 spiro atoms. The summed E-state index contributed by atoms with van der Waals surface area (Å²) in [7, 11) is 0. The van der Waals surface area contributed by atoms with Crippen molar-refractivity contribution in [3.63, 3.8) is 0 Å². The number of carbonyl (C=O) groups is 3. The Balaban J connectivity index is 1.13. The topological polar surface area (TPSA) is 123 Å². The molecule has 6 rings (SSSR count). The maximum atomic E-state index is 13.9. The fourth-order valence-corrected chi connectivity index (χ4v) is 8.28. The van der Waals surface area contributed by atoms with E-state index in [9.17, 15) is 27.6 Å². The summed E-state index contributed by atoms with van der Waals surface area (Å²) in [6, 6.07) is 4.43. The first-order valence-electron chi connectivity index (χ1n) is 16.0. The van der Waals surface area contributed by atoms with Crippen molar-refractivity contribution in [3.05, 3.63) is 44.1 Å². The van der Waals surface area contributed by atoms with E-state index in [-0.39, 0.29) is 28.5 Å². The first-order valence-corrected chi connectivity index (χ1v) is 17.6. The molecule has 11 nitrogen and oxygen atoms in total. The van der Waals surface area contributed by atoms with E-state index in [1.807, 2.05) is 11.4 Å². The maximum Gasteiger partial charge on any atom is 0.418 e. The number of benzene rings is 1. The predicted octanol–water partition coefficient (Wildman–Crippen LogP) is 4.57. The summed E-state index contributed by atoms with van der Waals surface area (Å²) < 4.78 is 47.2. The Labute approximate surface area is 283 Å². The van der Waals surface area contributed by atoms with Gasteiger partial charge >= 0.3 is 18.3 Å². The lowest BCUT2D eigenvalue weighted by Gasteiger charge is -2.42. The Morgan fingerprint density at radius 1 is 1.02 bits per heavy atom. The van der Waals surface area contributed by atoms with Crippen LogP contribution in [0.3, 0.4) is 0 Å². The van der Waals surface area contributed by atoms with Crippen LogP contribution in [0.4, 0.5) is 34.1 Å². The second-order valence-corrected chi connectivity index (χ2v) is 14.3. The normalized spacial score (nSPS) is 20.9. The highest BCUT2D eigenvalue weighted by Crippen LogP contribution is 2.38. The van der Waals surface area contributed by atoms with Gasteiger partial charge in [-0.2, -0.15) is 13.2 Å². The summed E-state index contributed by atoms with van der Waals surface area (Å²) in [5.41, 5.74) is 5.25. The van der Waals surface area contributed by atoms with Crippen molar-refractivity contribution in [1.82, 2.24) is 24.9 Å². The molecule has 0 aliphatic carbocycles. The van der Waals surface area contributed by atoms with Crippen LogP contribution in [0.5, 0.6) is 0 Å². The number of fused-ring (bicyclic) bond motifs is 1. The molecule has 1 atom stereocenters. The Kier molecular flexibility index (Phi) is 10.2. The molecule has 256 valence electrons. The van der Waals surface area contributed by atoms with Gasteiger partial charge < -0.3 is 35.8 Å². The number of rotatable bonds is 6. The number of hydrogen-bond acceptors (Lipinski definition) is 8. The van der Waals surface area contributed by atoms with Crippen LogP contribution in [-0.2, 0) is 28.7 Å². The molecule has 3 saturated heterocycles. The first-order chi connectivity index (χ1) is 22.5. The highest BCUT2D eigenvalue weighted by atomic mass is 79.9. The maximum absolute atomic E-state index is 13.9. The quantitative estimate of drug-likeness (QED) is 0.371. The molecule has 5 heterocycles. The lowest BCUT2D eigenvalue weighted by atomic mass is 10.0. The van der Waals surface area contributed by atoms with Crippen LogP contribution < -0.4 is 16.4 Å². The molecule has 0 radical (unpaired) electrons. The number of hydrogen-bond donors (Lipinski definition) is 3. The van der Waals surface area contributed by atoms with Gasteiger partial charge in [0.25, 0.3) is 5.91 Å². The number of amides is 4. The largest absolute Gasteiger partial charge is 0.436 e. The summed E-state index contributed by atoms with van der Waals surface area (Å²) >= 11 is 4.70. The summed E-state index contributed by atoms with van der Waals surface area (Å²) in [6.07, 6.45) is -3.84. The highest BCUT2D eigenvalue weighted by Gasteiger charge is 2.38. The third-order valence-electron chi connectivity index (χ3n) is 9.61. The number of nitrogens with zero attached hydrogens (tertiary/aromatic N) is 4. The first kappa shape index (κ1) is 33.8. The molecule has 4 N–H and O–H groups in total. The fourth-order valence-electron chi connectivity index (χ4n) is 6.94. The van der Waals surface area contributed by atoms with Gasteiger partial charge in [-0.15, -0.1) is 11.3 Å². The van der Waals surface area contributed by atoms with Gasteiger partial charge in [0.2, 0.25) is 0 Å². The number of halogens is 4. The average molecular weight is 743 g/mol. The minimum atomic E-state index is -4.70. The van der Waals surface area contributed by atoms with E-state index in [1.54, 1.807) is 21.1 Å². The van der Waals surface area contributed by atoms with Crippen LogP contribution in [0.25, 0.3) is 0 Å². The van der Waals surface area contributed by atoms with Crippen molar-refractivity contribution >= 4 is 56.7 Å². The third kappa shape index (κ3) is 7.65. The number of nitrogen functional groups attached to an aromatic ring is 1. The summed E-state index contributed by atoms with van der Waals surface area (Å²) in [5, 5.41) is 8.22. The number of piperidine rings is 2. The smallest absolute Gasteiger partial charge is 0.418 e. The van der Waals surface area contributed by atoms with Gasteiger partial charge in [-0.25, -0.2) is 9.59 Å². The van der Waals surface area contributed by atoms with Gasteiger partial charge in [-0.3, -0.25) is 9.69 Å². The SMILES string of the molecule is Nc1c(Br)cc(C[C@@H](OC(=O)N2CCC(N3Cc4sccc4NC3=O)CC2)C(=O)N2CCN(C3CCNCC3)CC2)cc1C(F)(F)F. The molecule has 4 aliphatic rings. The van der Waals surface area contributed by atoms with Gasteiger partial charge in [0.1, 0.15) is 0 Å². The Morgan fingerprint density at radius 2 is 1.72 bits per heavy atom. The Morgan fingerprint density at radius 3 is 2.40 bits per heavy atom. The van der Waals surface area contributed by atoms with E-state index in [1.165, 1.54) is 11.0 Å². The number of nitrogens with two attached hydrogens (primary N) is 1. The molecule has 4 aliphatic heterocycles. The van der Waals surface area contributed by atoms with E-state index in [0.29, 0.717) is 64.7 Å². The van der Waals surface area contributed by atoms with Gasteiger partial charge in [0.15, 0.2) is 6.10 Å². The molecule has 2 aromatic rings. The molecule has 0 bridgehead atoms. The van der Waals surface area contributed by atoms with E-state index in [2.05, 4.69) is 31.5 Å². The molecule has 1 aromatic heterocycles. The van der Waals surface area contributed by atoms with Crippen molar-refractivity contribution in [1.29, 1.82) is 0 Å². The van der Waals surface area contributed by atoms with Crippen LogP contribution in [0, 0.1) is 0 Å². The number of thiophene rings is 1. The van der Waals surface area contributed by atoms with Crippen LogP contribution in [-0.4, -0.2) is 108 Å². The number of urea groups is 1. The number of carbonyl (C=O) groups excluding carboxylic acids is 3. The van der Waals surface area contributed by atoms with Gasteiger partial charge in [0, 0.05) is 67.1 Å². The number of likely N-dealkylation sites (tertiary alicyclic amines) is 1. The third-order valence-corrected chi connectivity index (χ3v) is 11.2. The van der Waals surface area contributed by atoms with Crippen molar-refractivity contribution < 1.29 is 32.3 Å². The molecule has 4 amide bonds. The second kappa shape index (κ2) is 14.2. The zero-order valence-corrected chi connectivity index (χ0v) is 28.3. The molecule has 3 fully saturated rings. The lowest BCUT2D eigenvalue weighted by Crippen LogP contribution is -2.56. The number of piperazine rings is 1. The van der Waals surface area contributed by atoms with Crippen LogP contribution in [0.1, 0.15) is 41.7 Å². The Bertz CT molecular complexity index is 1470. The van der Waals surface area contributed by atoms with Gasteiger partial charge in [-0.1, -0.05) is 0 Å². The summed E-state index contributed by atoms with van der Waals surface area (Å²) in [6.45, 7) is 5.26. The number of anilines is 2. The van der Waals surface area contributed by atoms with Crippen molar-refractivity contribution in [2.75, 3.05) is 63.4 Å². The lowest BCUT2D eigenvalue weighted by molar-refractivity contribution is -0.143. The molecule has 47 heavy (non-hydrogen) atoms. The van der Waals surface area contributed by atoms with E-state index in [4.69, 9.17) is 10.5 Å². The van der Waals surface area contributed by atoms with Crippen LogP contribution in [0.15, 0.2) is 28.1 Å². The van der Waals surface area contributed by atoms with Crippen molar-refractivity contribution in [2.45, 2.75) is 63.0 Å². The fraction of sp³-hybridized carbons (Fsp3) is 0.581. The van der Waals surface area contributed by atoms with E-state index < -0.39 is 35.5 Å². The Hall–Kier alpha value is -3.08. The highest BCUT2D eigenvalue weighted by molar-refractivity contribution is 9.10. The second-order valence-electron chi connectivity index (χ2n) is 12.5. The van der Waals surface area contributed by atoms with Crippen LogP contribution in [0.2, 0.25) is 0 Å². The van der Waals surface area contributed by atoms with Crippen LogP contribution >= 0.6 is 27.3 Å². The zero-order valence-electron chi connectivity index (χ0n) is 25.9. The molecule has 0 unspecified atom stereocenters. The summed E-state index contributed by atoms with van der Waals surface area (Å²) in [5.74, 6) is -0.434. The predicted molar refractivity (Wildman–Crippen MR) is 175 cm³/mol. The summed E-state index contributed by atoms with van der Waals surface area (Å²) in [4.78, 5) is 48.5. The monoisotopic (exact) mass is 741 g/mol. The number of alkyl halides is 3. The standard InChI is InChI=1S/C31H39BrF3N7O4S/c32-23-16-19(15-22(27(23)36)31(33,34)35)17-25(28(43)40-12-10-39(11-13-40)20-1-6-37-7-2-20)46-30(45)41-8-3-21(4-9-41)42-18-26-24(5-14-47-26)38-29(42)44/h5,14-16,20-21,25,37H,1-4,6-13,17-18,36H2,(H,38,44)/t25-/m1/s1. The number of ether oxygens (including phenoxy) is 1.